The molecule has 0 aliphatic rings. The highest BCUT2D eigenvalue weighted by Gasteiger charge is 2.16. The van der Waals surface area contributed by atoms with E-state index in [2.05, 4.69) is 0 Å². The van der Waals surface area contributed by atoms with Gasteiger partial charge in [0.1, 0.15) is 12.4 Å². The Hall–Kier alpha value is -2.95. The van der Waals surface area contributed by atoms with E-state index in [0.29, 0.717) is 0 Å². The number of hydrogen-bond donors (Lipinski definition) is 1. The van der Waals surface area contributed by atoms with Crippen molar-refractivity contribution in [2.75, 3.05) is 0 Å². The van der Waals surface area contributed by atoms with Crippen molar-refractivity contribution in [1.82, 2.24) is 0 Å². The van der Waals surface area contributed by atoms with Gasteiger partial charge in [0, 0.05) is 0 Å². The van der Waals surface area contributed by atoms with Crippen molar-refractivity contribution < 1.29 is 23.4 Å². The number of aromatic carboxylic acids is 1. The van der Waals surface area contributed by atoms with Crippen molar-refractivity contribution in [3.05, 3.63) is 77.4 Å². The molecule has 0 radical (unpaired) electrons. The molecule has 0 saturated carbocycles. The number of halogens is 2. The van der Waals surface area contributed by atoms with Crippen molar-refractivity contribution >= 4 is 16.7 Å². The van der Waals surface area contributed by atoms with Crippen LogP contribution in [0.2, 0.25) is 0 Å². The molecule has 3 aromatic rings. The molecule has 0 aliphatic heterocycles. The van der Waals surface area contributed by atoms with Crippen LogP contribution in [0.25, 0.3) is 10.8 Å². The monoisotopic (exact) mass is 314 g/mol. The molecule has 0 bridgehead atoms. The number of benzene rings is 3. The third-order valence-electron chi connectivity index (χ3n) is 3.46. The quantitative estimate of drug-likeness (QED) is 0.776. The van der Waals surface area contributed by atoms with Gasteiger partial charge in [-0.2, -0.15) is 0 Å². The zero-order chi connectivity index (χ0) is 16.4. The van der Waals surface area contributed by atoms with Gasteiger partial charge in [0.05, 0.1) is 10.9 Å². The first-order valence-corrected chi connectivity index (χ1v) is 6.88. The minimum Gasteiger partial charge on any atom is -0.488 e. The molecule has 116 valence electrons. The number of carboxylic acids is 1. The van der Waals surface area contributed by atoms with E-state index in [4.69, 9.17) is 9.84 Å². The van der Waals surface area contributed by atoms with Crippen LogP contribution < -0.4 is 4.74 Å². The van der Waals surface area contributed by atoms with E-state index in [9.17, 15) is 13.6 Å². The number of fused-ring (bicyclic) bond motifs is 1. The third kappa shape index (κ3) is 2.99. The van der Waals surface area contributed by atoms with Crippen LogP contribution in [0.15, 0.2) is 54.6 Å². The number of carboxylic acid groups (broad SMARTS) is 1. The number of carbonyl (C=O) groups is 1. The van der Waals surface area contributed by atoms with E-state index < -0.39 is 17.6 Å². The van der Waals surface area contributed by atoms with Gasteiger partial charge in [0.15, 0.2) is 11.6 Å². The number of hydrogen-bond acceptors (Lipinski definition) is 2. The minimum atomic E-state index is -1.17. The molecule has 0 unspecified atom stereocenters. The van der Waals surface area contributed by atoms with E-state index in [1.165, 1.54) is 18.2 Å². The van der Waals surface area contributed by atoms with E-state index in [-0.39, 0.29) is 28.7 Å². The minimum absolute atomic E-state index is 0.000697. The molecule has 3 nitrogen and oxygen atoms in total. The molecule has 0 atom stereocenters. The second-order valence-corrected chi connectivity index (χ2v) is 5.01. The van der Waals surface area contributed by atoms with Crippen LogP contribution in [0, 0.1) is 11.6 Å². The summed E-state index contributed by atoms with van der Waals surface area (Å²) in [4.78, 5) is 11.2. The lowest BCUT2D eigenvalue weighted by molar-refractivity contribution is 0.0696. The summed E-state index contributed by atoms with van der Waals surface area (Å²) >= 11 is 0. The summed E-state index contributed by atoms with van der Waals surface area (Å²) in [6, 6.07) is 13.9. The molecule has 3 aromatic carbocycles. The van der Waals surface area contributed by atoms with Gasteiger partial charge < -0.3 is 9.84 Å². The molecule has 0 amide bonds. The fourth-order valence-electron chi connectivity index (χ4n) is 2.33. The normalized spacial score (nSPS) is 10.7. The molecule has 3 rings (SSSR count). The Morgan fingerprint density at radius 1 is 1.04 bits per heavy atom. The summed E-state index contributed by atoms with van der Waals surface area (Å²) < 4.78 is 33.2. The van der Waals surface area contributed by atoms with Crippen LogP contribution in [0.1, 0.15) is 15.9 Å². The van der Waals surface area contributed by atoms with Crippen molar-refractivity contribution in [2.45, 2.75) is 6.61 Å². The molecule has 0 aromatic heterocycles. The van der Waals surface area contributed by atoms with Crippen LogP contribution in [-0.4, -0.2) is 11.1 Å². The maximum atomic E-state index is 14.1. The third-order valence-corrected chi connectivity index (χ3v) is 3.46. The Balaban J connectivity index is 2.08. The Bertz CT molecular complexity index is 876. The van der Waals surface area contributed by atoms with Gasteiger partial charge in [0.25, 0.3) is 0 Å². The summed E-state index contributed by atoms with van der Waals surface area (Å²) in [5.41, 5.74) is 0.782. The summed E-state index contributed by atoms with van der Waals surface area (Å²) in [7, 11) is 0. The highest BCUT2D eigenvalue weighted by atomic mass is 19.2. The Labute approximate surface area is 130 Å². The number of ether oxygens (including phenoxy) is 1. The van der Waals surface area contributed by atoms with Crippen LogP contribution in [0.4, 0.5) is 8.78 Å². The van der Waals surface area contributed by atoms with Gasteiger partial charge in [-0.15, -0.1) is 0 Å². The first-order chi connectivity index (χ1) is 11.1. The zero-order valence-electron chi connectivity index (χ0n) is 11.9. The van der Waals surface area contributed by atoms with E-state index in [1.807, 2.05) is 30.3 Å². The standard InChI is InChI=1S/C18H12F2O3/c19-14-7-6-12-8-13(18(21)22)9-15(16(12)17(14)20)23-10-11-4-2-1-3-5-11/h1-9H,10H2,(H,21,22). The van der Waals surface area contributed by atoms with E-state index in [0.717, 1.165) is 11.6 Å². The van der Waals surface area contributed by atoms with E-state index in [1.54, 1.807) is 0 Å². The predicted molar refractivity (Wildman–Crippen MR) is 81.6 cm³/mol. The van der Waals surface area contributed by atoms with Crippen LogP contribution in [0.3, 0.4) is 0 Å². The molecule has 0 spiro atoms. The average molecular weight is 314 g/mol. The zero-order valence-corrected chi connectivity index (χ0v) is 11.9. The van der Waals surface area contributed by atoms with Crippen LogP contribution in [-0.2, 0) is 6.61 Å². The maximum absolute atomic E-state index is 14.1. The molecule has 0 saturated heterocycles. The van der Waals surface area contributed by atoms with Gasteiger partial charge in [-0.25, -0.2) is 13.6 Å². The second kappa shape index (κ2) is 6.04. The van der Waals surface area contributed by atoms with Crippen molar-refractivity contribution in [1.29, 1.82) is 0 Å². The molecule has 0 fully saturated rings. The van der Waals surface area contributed by atoms with Gasteiger partial charge >= 0.3 is 5.97 Å². The molecular weight excluding hydrogens is 302 g/mol. The average Bonchev–Trinajstić information content (AvgIpc) is 2.56. The lowest BCUT2D eigenvalue weighted by atomic mass is 10.0. The molecule has 23 heavy (non-hydrogen) atoms. The maximum Gasteiger partial charge on any atom is 0.335 e. The smallest absolute Gasteiger partial charge is 0.335 e. The highest BCUT2D eigenvalue weighted by Crippen LogP contribution is 2.32. The molecule has 1 N–H and O–H groups in total. The second-order valence-electron chi connectivity index (χ2n) is 5.01. The predicted octanol–water partition coefficient (Wildman–Crippen LogP) is 4.40. The molecule has 0 heterocycles. The van der Waals surface area contributed by atoms with Crippen molar-refractivity contribution in [3.8, 4) is 5.75 Å². The highest BCUT2D eigenvalue weighted by molar-refractivity contribution is 5.97. The largest absolute Gasteiger partial charge is 0.488 e. The van der Waals surface area contributed by atoms with Gasteiger partial charge in [-0.3, -0.25) is 0 Å². The van der Waals surface area contributed by atoms with E-state index >= 15 is 0 Å². The summed E-state index contributed by atoms with van der Waals surface area (Å²) in [6.45, 7) is 0.120. The first-order valence-electron chi connectivity index (χ1n) is 6.88. The summed E-state index contributed by atoms with van der Waals surface area (Å²) in [6.07, 6.45) is 0. The molecular formula is C18H12F2O3. The Morgan fingerprint density at radius 2 is 1.78 bits per heavy atom. The Kier molecular flexibility index (Phi) is 3.93. The van der Waals surface area contributed by atoms with Gasteiger partial charge in [-0.05, 0) is 29.1 Å². The van der Waals surface area contributed by atoms with Gasteiger partial charge in [-0.1, -0.05) is 36.4 Å². The Morgan fingerprint density at radius 3 is 2.48 bits per heavy atom. The van der Waals surface area contributed by atoms with Crippen LogP contribution in [0.5, 0.6) is 5.75 Å². The fourth-order valence-corrected chi connectivity index (χ4v) is 2.33. The summed E-state index contributed by atoms with van der Waals surface area (Å²) in [5.74, 6) is -3.23. The van der Waals surface area contributed by atoms with Gasteiger partial charge in [0.2, 0.25) is 0 Å². The lowest BCUT2D eigenvalue weighted by Gasteiger charge is -2.12. The van der Waals surface area contributed by atoms with Crippen molar-refractivity contribution in [2.24, 2.45) is 0 Å². The topological polar surface area (TPSA) is 46.5 Å². The first kappa shape index (κ1) is 15.0. The lowest BCUT2D eigenvalue weighted by Crippen LogP contribution is -2.02. The fraction of sp³-hybridized carbons (Fsp3) is 0.0556. The summed E-state index contributed by atoms with van der Waals surface area (Å²) in [5, 5.41) is 9.36. The van der Waals surface area contributed by atoms with Crippen LogP contribution >= 0.6 is 0 Å². The molecule has 5 heteroatoms. The van der Waals surface area contributed by atoms with Crippen molar-refractivity contribution in [3.63, 3.8) is 0 Å². The molecule has 0 aliphatic carbocycles. The number of rotatable bonds is 4. The SMILES string of the molecule is O=C(O)c1cc(OCc2ccccc2)c2c(F)c(F)ccc2c1.